The number of para-hydroxylation sites is 2. The van der Waals surface area contributed by atoms with Crippen LogP contribution in [0.3, 0.4) is 0 Å². The van der Waals surface area contributed by atoms with Crippen LogP contribution in [0.2, 0.25) is 0 Å². The van der Waals surface area contributed by atoms with E-state index >= 15 is 0 Å². The lowest BCUT2D eigenvalue weighted by molar-refractivity contribution is -0.384. The zero-order valence-electron chi connectivity index (χ0n) is 25.0. The van der Waals surface area contributed by atoms with Crippen molar-refractivity contribution in [2.24, 2.45) is 0 Å². The number of aromatic nitrogens is 4. The molecule has 0 spiro atoms. The number of imidazole rings is 1. The SMILES string of the molecule is CNC(=O)c1cccc([N+](=O)[O-])c1NC1CC1.CNC(=O)c1cccc2nc([C@H](C)Nc3ncnc(N)c3C#N)n(C3CC3)c12. The molecule has 45 heavy (non-hydrogen) atoms. The molecule has 6 rings (SSSR count). The predicted octanol–water partition coefficient (Wildman–Crippen LogP) is 3.68. The van der Waals surface area contributed by atoms with Crippen molar-refractivity contribution in [3.63, 3.8) is 0 Å². The number of rotatable bonds is 9. The number of nitro benzene ring substituents is 1. The smallest absolute Gasteiger partial charge is 0.293 e. The molecule has 232 valence electrons. The van der Waals surface area contributed by atoms with Crippen LogP contribution in [-0.4, -0.2) is 56.4 Å². The van der Waals surface area contributed by atoms with E-state index in [0.717, 1.165) is 42.5 Å². The highest BCUT2D eigenvalue weighted by atomic mass is 16.6. The molecule has 15 heteroatoms. The van der Waals surface area contributed by atoms with Crippen molar-refractivity contribution < 1.29 is 14.5 Å². The number of carbonyl (C=O) groups is 2. The van der Waals surface area contributed by atoms with Gasteiger partial charge in [0, 0.05) is 32.2 Å². The Morgan fingerprint density at radius 1 is 1.07 bits per heavy atom. The van der Waals surface area contributed by atoms with Crippen LogP contribution in [0.1, 0.15) is 76.8 Å². The molecular formula is C30H33N11O4. The van der Waals surface area contributed by atoms with E-state index in [0.29, 0.717) is 28.7 Å². The molecule has 2 amide bonds. The maximum Gasteiger partial charge on any atom is 0.293 e. The van der Waals surface area contributed by atoms with Crippen LogP contribution in [0.4, 0.5) is 23.0 Å². The van der Waals surface area contributed by atoms with Crippen LogP contribution >= 0.6 is 0 Å². The quantitative estimate of drug-likeness (QED) is 0.136. The van der Waals surface area contributed by atoms with E-state index in [1.807, 2.05) is 31.2 Å². The number of nitrogens with two attached hydrogens (primary N) is 1. The van der Waals surface area contributed by atoms with Gasteiger partial charge in [-0.15, -0.1) is 0 Å². The highest BCUT2D eigenvalue weighted by Crippen LogP contribution is 2.41. The number of anilines is 3. The van der Waals surface area contributed by atoms with Crippen LogP contribution in [0.25, 0.3) is 11.0 Å². The van der Waals surface area contributed by atoms with Gasteiger partial charge < -0.3 is 31.6 Å². The summed E-state index contributed by atoms with van der Waals surface area (Å²) in [6, 6.07) is 12.4. The highest BCUT2D eigenvalue weighted by Gasteiger charge is 2.32. The van der Waals surface area contributed by atoms with Crippen LogP contribution < -0.4 is 27.0 Å². The van der Waals surface area contributed by atoms with Gasteiger partial charge in [-0.05, 0) is 50.8 Å². The van der Waals surface area contributed by atoms with Gasteiger partial charge in [0.1, 0.15) is 41.1 Å². The molecule has 0 aliphatic heterocycles. The van der Waals surface area contributed by atoms with Crippen LogP contribution in [-0.2, 0) is 0 Å². The molecule has 6 N–H and O–H groups in total. The van der Waals surface area contributed by atoms with Gasteiger partial charge in [-0.25, -0.2) is 15.0 Å². The molecule has 2 fully saturated rings. The minimum Gasteiger partial charge on any atom is -0.382 e. The van der Waals surface area contributed by atoms with Crippen molar-refractivity contribution in [3.8, 4) is 6.07 Å². The Labute approximate surface area is 258 Å². The first-order valence-corrected chi connectivity index (χ1v) is 14.4. The van der Waals surface area contributed by atoms with Gasteiger partial charge >= 0.3 is 0 Å². The zero-order chi connectivity index (χ0) is 32.2. The molecule has 4 aromatic rings. The maximum atomic E-state index is 12.4. The van der Waals surface area contributed by atoms with Gasteiger partial charge in [-0.2, -0.15) is 5.26 Å². The average Bonchev–Trinajstić information content (AvgIpc) is 3.99. The molecule has 0 unspecified atom stereocenters. The Morgan fingerprint density at radius 3 is 2.36 bits per heavy atom. The Bertz CT molecular complexity index is 1820. The van der Waals surface area contributed by atoms with Crippen molar-refractivity contribution in [2.75, 3.05) is 30.5 Å². The van der Waals surface area contributed by atoms with Crippen LogP contribution in [0, 0.1) is 21.4 Å². The second kappa shape index (κ2) is 12.8. The Balaban J connectivity index is 0.000000201. The van der Waals surface area contributed by atoms with Gasteiger partial charge in [0.25, 0.3) is 17.5 Å². The summed E-state index contributed by atoms with van der Waals surface area (Å²) in [6.45, 7) is 1.94. The van der Waals surface area contributed by atoms with Gasteiger partial charge in [-0.1, -0.05) is 12.1 Å². The number of nitriles is 1. The van der Waals surface area contributed by atoms with Gasteiger partial charge in [0.2, 0.25) is 0 Å². The molecule has 1 atom stereocenters. The molecule has 2 aliphatic carbocycles. The molecule has 2 aliphatic rings. The first-order chi connectivity index (χ1) is 21.7. The fourth-order valence-electron chi connectivity index (χ4n) is 4.98. The normalized spacial score (nSPS) is 14.4. The summed E-state index contributed by atoms with van der Waals surface area (Å²) < 4.78 is 2.13. The van der Waals surface area contributed by atoms with Crippen molar-refractivity contribution in [1.82, 2.24) is 30.2 Å². The summed E-state index contributed by atoms with van der Waals surface area (Å²) in [6.07, 6.45) is 5.37. The van der Waals surface area contributed by atoms with E-state index in [9.17, 15) is 25.0 Å². The number of nitrogens with one attached hydrogen (secondary N) is 4. The van der Waals surface area contributed by atoms with E-state index in [4.69, 9.17) is 10.7 Å². The van der Waals surface area contributed by atoms with Crippen molar-refractivity contribution in [2.45, 2.75) is 50.7 Å². The van der Waals surface area contributed by atoms with E-state index < -0.39 is 4.92 Å². The predicted molar refractivity (Wildman–Crippen MR) is 168 cm³/mol. The molecule has 2 heterocycles. The minimum absolute atomic E-state index is 0.0574. The molecule has 2 aromatic carbocycles. The topological polar surface area (TPSA) is 219 Å². The van der Waals surface area contributed by atoms with E-state index in [1.54, 1.807) is 13.1 Å². The maximum absolute atomic E-state index is 12.4. The van der Waals surface area contributed by atoms with Gasteiger partial charge in [-0.3, -0.25) is 19.7 Å². The summed E-state index contributed by atoms with van der Waals surface area (Å²) in [5.74, 6) is 0.815. The van der Waals surface area contributed by atoms with E-state index in [2.05, 4.69) is 35.8 Å². The lowest BCUT2D eigenvalue weighted by atomic mass is 10.1. The molecular weight excluding hydrogens is 578 g/mol. The second-order valence-electron chi connectivity index (χ2n) is 10.7. The van der Waals surface area contributed by atoms with Crippen LogP contribution in [0.5, 0.6) is 0 Å². The van der Waals surface area contributed by atoms with Crippen molar-refractivity contribution >= 4 is 45.9 Å². The summed E-state index contributed by atoms with van der Waals surface area (Å²) in [7, 11) is 3.12. The fraction of sp³-hybridized carbons (Fsp3) is 0.333. The summed E-state index contributed by atoms with van der Waals surface area (Å²) in [5, 5.41) is 31.7. The number of hydrogen-bond donors (Lipinski definition) is 5. The Hall–Kier alpha value is -5.78. The number of fused-ring (bicyclic) bond motifs is 1. The number of nitro groups is 1. The molecule has 15 nitrogen and oxygen atoms in total. The number of benzene rings is 2. The van der Waals surface area contributed by atoms with Crippen molar-refractivity contribution in [1.29, 1.82) is 5.26 Å². The first kappa shape index (κ1) is 30.7. The zero-order valence-corrected chi connectivity index (χ0v) is 25.0. The third-order valence-corrected chi connectivity index (χ3v) is 7.49. The number of nitrogen functional groups attached to an aromatic ring is 1. The molecule has 2 saturated carbocycles. The Morgan fingerprint density at radius 2 is 1.73 bits per heavy atom. The fourth-order valence-corrected chi connectivity index (χ4v) is 4.98. The number of amides is 2. The third kappa shape index (κ3) is 6.44. The van der Waals surface area contributed by atoms with Crippen molar-refractivity contribution in [3.05, 3.63) is 75.4 Å². The molecule has 2 aromatic heterocycles. The lowest BCUT2D eigenvalue weighted by Gasteiger charge is -2.18. The molecule has 0 radical (unpaired) electrons. The number of hydrogen-bond acceptors (Lipinski definition) is 11. The lowest BCUT2D eigenvalue weighted by Crippen LogP contribution is -2.20. The van der Waals surface area contributed by atoms with Crippen LogP contribution in [0.15, 0.2) is 42.7 Å². The monoisotopic (exact) mass is 611 g/mol. The van der Waals surface area contributed by atoms with Gasteiger partial charge in [0.05, 0.1) is 33.1 Å². The molecule has 0 bridgehead atoms. The summed E-state index contributed by atoms with van der Waals surface area (Å²) in [4.78, 5) is 47.3. The average molecular weight is 612 g/mol. The summed E-state index contributed by atoms with van der Waals surface area (Å²) >= 11 is 0. The molecule has 0 saturated heterocycles. The summed E-state index contributed by atoms with van der Waals surface area (Å²) in [5.41, 5.74) is 8.76. The Kier molecular flexibility index (Phi) is 8.75. The number of nitrogens with zero attached hydrogens (tertiary/aromatic N) is 6. The first-order valence-electron chi connectivity index (χ1n) is 14.4. The standard InChI is InChI=1S/C19H20N8O.C11H13N3O3/c1-10(25-17-13(8-20)16(21)23-9-24-17)18-26-14-5-3-4-12(19(28)22-2)15(14)27(18)11-6-7-11;1-12-11(15)8-3-2-4-9(14(16)17)10(8)13-7-5-6-7/h3-5,9-11H,6-7H2,1-2H3,(H,22,28)(H3,21,23,24,25);2-4,7,13H,5-6H2,1H3,(H,12,15)/t10-;/m0./s1. The minimum atomic E-state index is -0.475. The highest BCUT2D eigenvalue weighted by molar-refractivity contribution is 6.05. The third-order valence-electron chi connectivity index (χ3n) is 7.49. The second-order valence-corrected chi connectivity index (χ2v) is 10.7. The number of carbonyl (C=O) groups excluding carboxylic acids is 2. The largest absolute Gasteiger partial charge is 0.382 e. The van der Waals surface area contributed by atoms with E-state index in [1.165, 1.54) is 25.5 Å². The van der Waals surface area contributed by atoms with Gasteiger partial charge in [0.15, 0.2) is 0 Å². The van der Waals surface area contributed by atoms with E-state index in [-0.39, 0.29) is 41.0 Å².